The van der Waals surface area contributed by atoms with E-state index < -0.39 is 24.4 Å². The molecule has 0 atom stereocenters. The molecule has 0 bridgehead atoms. The van der Waals surface area contributed by atoms with Gasteiger partial charge in [-0.25, -0.2) is 5.43 Å². The lowest BCUT2D eigenvalue weighted by atomic mass is 10.1. The Morgan fingerprint density at radius 3 is 2.64 bits per heavy atom. The highest BCUT2D eigenvalue weighted by molar-refractivity contribution is 6.39. The summed E-state index contributed by atoms with van der Waals surface area (Å²) in [5.74, 6) is -3.07. The van der Waals surface area contributed by atoms with Gasteiger partial charge in [-0.15, -0.1) is 0 Å². The number of para-hydroxylation sites is 1. The zero-order valence-corrected chi connectivity index (χ0v) is 15.7. The molecular weight excluding hydrogens is 386 g/mol. The van der Waals surface area contributed by atoms with Gasteiger partial charge in [0.2, 0.25) is 0 Å². The lowest BCUT2D eigenvalue weighted by molar-refractivity contribution is -0.307. The minimum atomic E-state index is -1.39. The Morgan fingerprint density at radius 2 is 1.93 bits per heavy atom. The first-order valence-corrected chi connectivity index (χ1v) is 8.63. The van der Waals surface area contributed by atoms with Crippen LogP contribution in [0.25, 0.3) is 0 Å². The highest BCUT2D eigenvalue weighted by atomic mass is 35.5. The molecular formula is C19H17ClN3O5-. The number of hydrazone groups is 1. The van der Waals surface area contributed by atoms with Gasteiger partial charge in [0.1, 0.15) is 12.4 Å². The highest BCUT2D eigenvalue weighted by Crippen LogP contribution is 2.21. The van der Waals surface area contributed by atoms with Crippen molar-refractivity contribution in [1.82, 2.24) is 5.43 Å². The number of carboxylic acids is 1. The van der Waals surface area contributed by atoms with Gasteiger partial charge in [0.15, 0.2) is 0 Å². The maximum atomic E-state index is 12.0. The molecule has 2 amide bonds. The first kappa shape index (κ1) is 20.9. The number of nitrogens with one attached hydrogen (secondary N) is 2. The van der Waals surface area contributed by atoms with E-state index in [1.807, 2.05) is 19.1 Å². The van der Waals surface area contributed by atoms with Gasteiger partial charge < -0.3 is 20.0 Å². The van der Waals surface area contributed by atoms with E-state index in [-0.39, 0.29) is 5.75 Å². The molecule has 0 heterocycles. The smallest absolute Gasteiger partial charge is 0.329 e. The number of rotatable bonds is 7. The van der Waals surface area contributed by atoms with Crippen molar-refractivity contribution < 1.29 is 24.2 Å². The van der Waals surface area contributed by atoms with Gasteiger partial charge in [0.05, 0.1) is 12.2 Å². The largest absolute Gasteiger partial charge is 0.546 e. The van der Waals surface area contributed by atoms with E-state index in [4.69, 9.17) is 16.3 Å². The number of carbonyl (C=O) groups excluding carboxylic acids is 3. The molecule has 2 N–H and O–H groups in total. The number of carbonyl (C=O) groups is 3. The minimum absolute atomic E-state index is 0.174. The quantitative estimate of drug-likeness (QED) is 0.408. The van der Waals surface area contributed by atoms with Crippen molar-refractivity contribution in [3.05, 3.63) is 58.6 Å². The summed E-state index contributed by atoms with van der Waals surface area (Å²) in [5.41, 5.74) is 3.84. The number of amides is 2. The van der Waals surface area contributed by atoms with Gasteiger partial charge >= 0.3 is 11.8 Å². The average Bonchev–Trinajstić information content (AvgIpc) is 2.67. The molecule has 0 saturated heterocycles. The van der Waals surface area contributed by atoms with Crippen LogP contribution in [0.15, 0.2) is 47.6 Å². The van der Waals surface area contributed by atoms with Crippen LogP contribution < -0.4 is 20.6 Å². The number of nitrogens with zero attached hydrogens (tertiary/aromatic N) is 1. The second kappa shape index (κ2) is 10.1. The van der Waals surface area contributed by atoms with Gasteiger partial charge in [-0.3, -0.25) is 9.59 Å². The number of hydrogen-bond donors (Lipinski definition) is 2. The van der Waals surface area contributed by atoms with Crippen LogP contribution in [0.4, 0.5) is 5.69 Å². The maximum Gasteiger partial charge on any atom is 0.329 e. The molecule has 146 valence electrons. The van der Waals surface area contributed by atoms with Crippen LogP contribution in [0, 0.1) is 0 Å². The lowest BCUT2D eigenvalue weighted by Crippen LogP contribution is -2.32. The van der Waals surface area contributed by atoms with Gasteiger partial charge in [-0.05, 0) is 36.2 Å². The summed E-state index contributed by atoms with van der Waals surface area (Å²) >= 11 is 5.89. The predicted molar refractivity (Wildman–Crippen MR) is 102 cm³/mol. The van der Waals surface area contributed by atoms with Crippen molar-refractivity contribution in [3.8, 4) is 5.75 Å². The van der Waals surface area contributed by atoms with Crippen LogP contribution >= 0.6 is 11.6 Å². The molecule has 2 rings (SSSR count). The standard InChI is InChI=1S/C19H18ClN3O5/c1-2-12-5-3-4-6-15(12)22-18(26)19(27)23-21-10-13-9-14(20)7-8-16(13)28-11-17(24)25/h3-10H,2,11H2,1H3,(H,22,26)(H,23,27)(H,24,25)/p-1/b21-10-. The Hall–Kier alpha value is -3.39. The molecule has 0 radical (unpaired) electrons. The first-order valence-electron chi connectivity index (χ1n) is 8.25. The molecule has 0 aliphatic heterocycles. The first-order chi connectivity index (χ1) is 13.4. The SMILES string of the molecule is CCc1ccccc1NC(=O)C(=O)N/N=C\c1cc(Cl)ccc1OCC(=O)[O-]. The summed E-state index contributed by atoms with van der Waals surface area (Å²) in [7, 11) is 0. The number of benzene rings is 2. The van der Waals surface area contributed by atoms with Crippen LogP contribution in [0.3, 0.4) is 0 Å². The normalized spacial score (nSPS) is 10.5. The van der Waals surface area contributed by atoms with Crippen molar-refractivity contribution in [1.29, 1.82) is 0 Å². The molecule has 28 heavy (non-hydrogen) atoms. The molecule has 8 nitrogen and oxygen atoms in total. The summed E-state index contributed by atoms with van der Waals surface area (Å²) in [5, 5.41) is 17.1. The van der Waals surface area contributed by atoms with Gasteiger partial charge in [0, 0.05) is 16.3 Å². The number of carboxylic acid groups (broad SMARTS) is 1. The molecule has 0 aromatic heterocycles. The number of halogens is 1. The van der Waals surface area contributed by atoms with E-state index in [1.165, 1.54) is 24.4 Å². The minimum Gasteiger partial charge on any atom is -0.546 e. The Labute approximate surface area is 166 Å². The van der Waals surface area contributed by atoms with Crippen LogP contribution in [-0.4, -0.2) is 30.6 Å². The molecule has 2 aromatic carbocycles. The maximum absolute atomic E-state index is 12.0. The average molecular weight is 403 g/mol. The highest BCUT2D eigenvalue weighted by Gasteiger charge is 2.14. The molecule has 2 aromatic rings. The van der Waals surface area contributed by atoms with Crippen LogP contribution in [0.1, 0.15) is 18.1 Å². The topological polar surface area (TPSA) is 120 Å². The van der Waals surface area contributed by atoms with E-state index in [0.29, 0.717) is 22.7 Å². The number of ether oxygens (including phenoxy) is 1. The summed E-state index contributed by atoms with van der Waals surface area (Å²) < 4.78 is 5.06. The summed E-state index contributed by atoms with van der Waals surface area (Å²) in [6, 6.07) is 11.5. The Bertz CT molecular complexity index is 914. The molecule has 0 aliphatic rings. The van der Waals surface area contributed by atoms with Crippen molar-refractivity contribution in [2.75, 3.05) is 11.9 Å². The lowest BCUT2D eigenvalue weighted by Gasteiger charge is -2.10. The molecule has 0 fully saturated rings. The number of aryl methyl sites for hydroxylation is 1. The number of anilines is 1. The third-order valence-corrected chi connectivity index (χ3v) is 3.77. The van der Waals surface area contributed by atoms with Gasteiger partial charge in [0.25, 0.3) is 0 Å². The third kappa shape index (κ3) is 6.10. The zero-order valence-electron chi connectivity index (χ0n) is 14.9. The second-order valence-corrected chi connectivity index (χ2v) is 5.94. The molecule has 9 heteroatoms. The molecule has 0 spiro atoms. The van der Waals surface area contributed by atoms with Crippen LogP contribution in [0.2, 0.25) is 5.02 Å². The Balaban J connectivity index is 2.01. The zero-order chi connectivity index (χ0) is 20.5. The molecule has 0 aliphatic carbocycles. The van der Waals surface area contributed by atoms with E-state index in [1.54, 1.807) is 12.1 Å². The van der Waals surface area contributed by atoms with Crippen molar-refractivity contribution >= 4 is 41.3 Å². The molecule has 0 saturated carbocycles. The second-order valence-electron chi connectivity index (χ2n) is 5.51. The van der Waals surface area contributed by atoms with E-state index in [2.05, 4.69) is 15.8 Å². The Kier molecular flexibility index (Phi) is 7.53. The molecule has 0 unspecified atom stereocenters. The van der Waals surface area contributed by atoms with Gasteiger partial charge in [-0.1, -0.05) is 36.7 Å². The summed E-state index contributed by atoms with van der Waals surface area (Å²) in [6.45, 7) is 1.27. The van der Waals surface area contributed by atoms with Crippen LogP contribution in [0.5, 0.6) is 5.75 Å². The van der Waals surface area contributed by atoms with E-state index in [0.717, 1.165) is 5.56 Å². The van der Waals surface area contributed by atoms with Crippen molar-refractivity contribution in [2.45, 2.75) is 13.3 Å². The monoisotopic (exact) mass is 402 g/mol. The van der Waals surface area contributed by atoms with Crippen molar-refractivity contribution in [2.24, 2.45) is 5.10 Å². The fourth-order valence-electron chi connectivity index (χ4n) is 2.23. The third-order valence-electron chi connectivity index (χ3n) is 3.54. The predicted octanol–water partition coefficient (Wildman–Crippen LogP) is 1.12. The summed E-state index contributed by atoms with van der Waals surface area (Å²) in [6.07, 6.45) is 1.88. The Morgan fingerprint density at radius 1 is 1.18 bits per heavy atom. The van der Waals surface area contributed by atoms with Crippen LogP contribution in [-0.2, 0) is 20.8 Å². The fraction of sp³-hybridized carbons (Fsp3) is 0.158. The number of hydrogen-bond acceptors (Lipinski definition) is 6. The fourth-order valence-corrected chi connectivity index (χ4v) is 2.41. The number of aliphatic carboxylic acids is 1. The summed E-state index contributed by atoms with van der Waals surface area (Å²) in [4.78, 5) is 34.5. The van der Waals surface area contributed by atoms with E-state index >= 15 is 0 Å². The van der Waals surface area contributed by atoms with E-state index in [9.17, 15) is 19.5 Å². The van der Waals surface area contributed by atoms with Crippen molar-refractivity contribution in [3.63, 3.8) is 0 Å². The van der Waals surface area contributed by atoms with Gasteiger partial charge in [-0.2, -0.15) is 5.10 Å².